The molecule has 0 bridgehead atoms. The summed E-state index contributed by atoms with van der Waals surface area (Å²) in [6, 6.07) is 0. The highest BCUT2D eigenvalue weighted by Gasteiger charge is 1.93. The van der Waals surface area contributed by atoms with Crippen LogP contribution in [0.15, 0.2) is 24.5 Å². The van der Waals surface area contributed by atoms with E-state index in [0.717, 1.165) is 0 Å². The molecule has 0 aromatic rings. The molecule has 7 heavy (non-hydrogen) atoms. The second-order valence-electron chi connectivity index (χ2n) is 1.24. The maximum absolute atomic E-state index is 4.87. The second kappa shape index (κ2) is 2.07. The summed E-state index contributed by atoms with van der Waals surface area (Å²) in [6.45, 7) is 0. The van der Waals surface area contributed by atoms with E-state index in [1.807, 2.05) is 18.2 Å². The van der Waals surface area contributed by atoms with Crippen molar-refractivity contribution < 1.29 is 4.74 Å². The van der Waals surface area contributed by atoms with Gasteiger partial charge in [-0.2, -0.15) is 0 Å². The van der Waals surface area contributed by atoms with Gasteiger partial charge in [0.05, 0.1) is 6.26 Å². The van der Waals surface area contributed by atoms with E-state index in [0.29, 0.717) is 0 Å². The minimum Gasteiger partial charge on any atom is -0.483 e. The number of allylic oxidation sites excluding steroid dienone is 2. The van der Waals surface area contributed by atoms with Crippen LogP contribution in [0.2, 0.25) is 0 Å². The normalized spacial score (nSPS) is 27.3. The highest BCUT2D eigenvalue weighted by atomic mass is 32.1. The zero-order valence-electron chi connectivity index (χ0n) is 3.74. The van der Waals surface area contributed by atoms with Gasteiger partial charge in [0.25, 0.3) is 0 Å². The molecule has 2 heteroatoms. The Morgan fingerprint density at radius 2 is 2.29 bits per heavy atom. The first-order chi connectivity index (χ1) is 3.39. The third-order valence-electron chi connectivity index (χ3n) is 0.683. The molecule has 0 radical (unpaired) electrons. The number of ether oxygens (including phenoxy) is 1. The van der Waals surface area contributed by atoms with Crippen LogP contribution in [0.5, 0.6) is 0 Å². The molecule has 0 N–H and O–H groups in total. The van der Waals surface area contributed by atoms with Gasteiger partial charge in [-0.25, -0.2) is 0 Å². The molecule has 0 aromatic heterocycles. The van der Waals surface area contributed by atoms with Gasteiger partial charge in [-0.15, -0.1) is 12.6 Å². The van der Waals surface area contributed by atoms with Gasteiger partial charge >= 0.3 is 0 Å². The molecule has 0 aliphatic carbocycles. The number of hydrogen-bond donors (Lipinski definition) is 1. The van der Waals surface area contributed by atoms with E-state index in [1.165, 1.54) is 0 Å². The third-order valence-corrected chi connectivity index (χ3v) is 0.977. The lowest BCUT2D eigenvalue weighted by molar-refractivity contribution is 0.259. The van der Waals surface area contributed by atoms with Crippen LogP contribution >= 0.6 is 12.6 Å². The van der Waals surface area contributed by atoms with Gasteiger partial charge in [-0.05, 0) is 12.2 Å². The number of thiol groups is 1. The van der Waals surface area contributed by atoms with Crippen molar-refractivity contribution in [2.75, 3.05) is 0 Å². The molecule has 0 aromatic carbocycles. The van der Waals surface area contributed by atoms with E-state index in [-0.39, 0.29) is 5.44 Å². The van der Waals surface area contributed by atoms with Crippen molar-refractivity contribution in [1.82, 2.24) is 0 Å². The summed E-state index contributed by atoms with van der Waals surface area (Å²) < 4.78 is 4.87. The minimum absolute atomic E-state index is 0.0370. The molecule has 1 aliphatic heterocycles. The van der Waals surface area contributed by atoms with Gasteiger partial charge < -0.3 is 4.74 Å². The molecule has 0 saturated heterocycles. The zero-order valence-corrected chi connectivity index (χ0v) is 4.64. The summed E-state index contributed by atoms with van der Waals surface area (Å²) in [7, 11) is 0. The highest BCUT2D eigenvalue weighted by molar-refractivity contribution is 7.80. The van der Waals surface area contributed by atoms with Gasteiger partial charge in [0.1, 0.15) is 0 Å². The van der Waals surface area contributed by atoms with E-state index in [2.05, 4.69) is 12.6 Å². The quantitative estimate of drug-likeness (QED) is 0.467. The third kappa shape index (κ3) is 1.27. The Morgan fingerprint density at radius 3 is 2.57 bits per heavy atom. The maximum atomic E-state index is 4.87. The van der Waals surface area contributed by atoms with E-state index >= 15 is 0 Å². The van der Waals surface area contributed by atoms with Crippen molar-refractivity contribution in [2.24, 2.45) is 0 Å². The molecule has 1 unspecified atom stereocenters. The standard InChI is InChI=1S/C5H6OS/c7-5-3-1-2-4-6-5/h1-5,7H. The second-order valence-corrected chi connectivity index (χ2v) is 1.75. The summed E-state index contributed by atoms with van der Waals surface area (Å²) in [5, 5.41) is 0. The molecule has 38 valence electrons. The summed E-state index contributed by atoms with van der Waals surface area (Å²) >= 11 is 4.00. The van der Waals surface area contributed by atoms with Gasteiger partial charge in [-0.3, -0.25) is 0 Å². The molecule has 0 spiro atoms. The molecule has 1 rings (SSSR count). The van der Waals surface area contributed by atoms with Crippen LogP contribution in [0, 0.1) is 0 Å². The predicted molar refractivity (Wildman–Crippen MR) is 32.1 cm³/mol. The Morgan fingerprint density at radius 1 is 1.43 bits per heavy atom. The van der Waals surface area contributed by atoms with E-state index in [4.69, 9.17) is 4.74 Å². The van der Waals surface area contributed by atoms with E-state index < -0.39 is 0 Å². The van der Waals surface area contributed by atoms with Crippen LogP contribution in [0.3, 0.4) is 0 Å². The smallest absolute Gasteiger partial charge is 0.159 e. The highest BCUT2D eigenvalue weighted by Crippen LogP contribution is 2.03. The summed E-state index contributed by atoms with van der Waals surface area (Å²) in [4.78, 5) is 0. The van der Waals surface area contributed by atoms with Crippen LogP contribution in [0.4, 0.5) is 0 Å². The Hall–Kier alpha value is -0.370. The average molecular weight is 114 g/mol. The molecule has 0 saturated carbocycles. The Bertz CT molecular complexity index is 107. The molecule has 0 amide bonds. The maximum Gasteiger partial charge on any atom is 0.159 e. The van der Waals surface area contributed by atoms with Crippen LogP contribution in [-0.4, -0.2) is 5.44 Å². The fourth-order valence-electron chi connectivity index (χ4n) is 0.376. The van der Waals surface area contributed by atoms with E-state index in [1.54, 1.807) is 6.26 Å². The molecular formula is C5H6OS. The molecule has 1 aliphatic rings. The lowest BCUT2D eigenvalue weighted by Crippen LogP contribution is -1.96. The average Bonchev–Trinajstić information content (AvgIpc) is 1.69. The van der Waals surface area contributed by atoms with Crippen molar-refractivity contribution >= 4 is 12.6 Å². The van der Waals surface area contributed by atoms with Crippen molar-refractivity contribution in [3.63, 3.8) is 0 Å². The number of hydrogen-bond acceptors (Lipinski definition) is 2. The summed E-state index contributed by atoms with van der Waals surface area (Å²) in [5.41, 5.74) is -0.0370. The first-order valence-electron chi connectivity index (χ1n) is 2.06. The van der Waals surface area contributed by atoms with Crippen molar-refractivity contribution in [2.45, 2.75) is 5.44 Å². The Kier molecular flexibility index (Phi) is 1.42. The molecule has 1 heterocycles. The minimum atomic E-state index is -0.0370. The molecule has 1 nitrogen and oxygen atoms in total. The Balaban J connectivity index is 2.49. The predicted octanol–water partition coefficient (Wildman–Crippen LogP) is 1.34. The van der Waals surface area contributed by atoms with Crippen molar-refractivity contribution in [3.05, 3.63) is 24.5 Å². The van der Waals surface area contributed by atoms with Crippen LogP contribution in [-0.2, 0) is 4.74 Å². The van der Waals surface area contributed by atoms with Gasteiger partial charge in [0.2, 0.25) is 0 Å². The topological polar surface area (TPSA) is 9.23 Å². The fraction of sp³-hybridized carbons (Fsp3) is 0.200. The first-order valence-corrected chi connectivity index (χ1v) is 2.58. The van der Waals surface area contributed by atoms with Crippen LogP contribution in [0.25, 0.3) is 0 Å². The zero-order chi connectivity index (χ0) is 5.11. The van der Waals surface area contributed by atoms with Crippen LogP contribution < -0.4 is 0 Å². The van der Waals surface area contributed by atoms with Crippen LogP contribution in [0.1, 0.15) is 0 Å². The largest absolute Gasteiger partial charge is 0.483 e. The van der Waals surface area contributed by atoms with E-state index in [9.17, 15) is 0 Å². The van der Waals surface area contributed by atoms with Gasteiger partial charge in [0.15, 0.2) is 5.44 Å². The molecule has 1 atom stereocenters. The molecular weight excluding hydrogens is 108 g/mol. The first kappa shape index (κ1) is 4.78. The monoisotopic (exact) mass is 114 g/mol. The summed E-state index contributed by atoms with van der Waals surface area (Å²) in [5.74, 6) is 0. The molecule has 0 fully saturated rings. The lowest BCUT2D eigenvalue weighted by atomic mass is 10.4. The SMILES string of the molecule is SC1C=CC=CO1. The van der Waals surface area contributed by atoms with Gasteiger partial charge in [-0.1, -0.05) is 6.08 Å². The van der Waals surface area contributed by atoms with Crippen molar-refractivity contribution in [3.8, 4) is 0 Å². The van der Waals surface area contributed by atoms with Crippen molar-refractivity contribution in [1.29, 1.82) is 0 Å². The lowest BCUT2D eigenvalue weighted by Gasteiger charge is -2.05. The number of rotatable bonds is 0. The Labute approximate surface area is 48.1 Å². The summed E-state index contributed by atoms with van der Waals surface area (Å²) in [6.07, 6.45) is 7.22. The van der Waals surface area contributed by atoms with Gasteiger partial charge in [0, 0.05) is 0 Å². The fourth-order valence-corrected chi connectivity index (χ4v) is 0.545.